The van der Waals surface area contributed by atoms with Gasteiger partial charge in [-0.3, -0.25) is 4.21 Å². The average Bonchev–Trinajstić information content (AvgIpc) is 3.96. The fourth-order valence-electron chi connectivity index (χ4n) is 20.9. The van der Waals surface area contributed by atoms with E-state index in [9.17, 15) is 4.21 Å². The van der Waals surface area contributed by atoms with Gasteiger partial charge >= 0.3 is 212 Å². The summed E-state index contributed by atoms with van der Waals surface area (Å²) in [5.74, 6) is 0. The predicted octanol–water partition coefficient (Wildman–Crippen LogP) is 7.45. The summed E-state index contributed by atoms with van der Waals surface area (Å²) in [7, 11) is -1.24. The van der Waals surface area contributed by atoms with E-state index in [1.165, 1.54) is 38.5 Å². The normalized spacial score (nSPS) is 57.8. The first-order valence-electron chi connectivity index (χ1n) is 15.1. The van der Waals surface area contributed by atoms with Crippen LogP contribution in [-0.2, 0) is 17.3 Å². The summed E-state index contributed by atoms with van der Waals surface area (Å²) in [6.45, 7) is -3.82. The summed E-state index contributed by atoms with van der Waals surface area (Å²) in [4.78, 5) is 10.2. The first kappa shape index (κ1) is 22.0. The number of benzene rings is 4. The van der Waals surface area contributed by atoms with Gasteiger partial charge < -0.3 is 0 Å². The zero-order valence-corrected chi connectivity index (χ0v) is 26.9. The van der Waals surface area contributed by atoms with Gasteiger partial charge in [0.1, 0.15) is 0 Å². The molecule has 10 aliphatic heterocycles. The molecular formula is C36H34FeOP2S. The molecule has 10 heterocycles. The van der Waals surface area contributed by atoms with E-state index in [-0.39, 0.29) is 15.8 Å². The van der Waals surface area contributed by atoms with Gasteiger partial charge in [-0.05, 0) is 0 Å². The maximum atomic E-state index is 9.56. The van der Waals surface area contributed by atoms with Crippen molar-refractivity contribution in [2.45, 2.75) is 46.6 Å². The van der Waals surface area contributed by atoms with Crippen LogP contribution in [0, 0.1) is 0 Å². The second-order valence-corrected chi connectivity index (χ2v) is 46.7. The van der Waals surface area contributed by atoms with E-state index in [4.69, 9.17) is 0 Å². The van der Waals surface area contributed by atoms with Crippen molar-refractivity contribution >= 4 is 47.9 Å². The van der Waals surface area contributed by atoms with E-state index in [1.54, 1.807) is 33.7 Å². The molecule has 208 valence electrons. The molecule has 0 aromatic heterocycles. The van der Waals surface area contributed by atoms with Crippen molar-refractivity contribution in [3.63, 3.8) is 0 Å². The van der Waals surface area contributed by atoms with Crippen molar-refractivity contribution in [3.8, 4) is 0 Å². The van der Waals surface area contributed by atoms with E-state index in [0.29, 0.717) is 0 Å². The number of rotatable bonds is 6. The van der Waals surface area contributed by atoms with Gasteiger partial charge in [0, 0.05) is 23.3 Å². The molecule has 0 amide bonds. The molecule has 10 aliphatic rings. The number of fused-ring (bicyclic) bond motifs is 10. The molecular weight excluding hydrogens is 598 g/mol. The second-order valence-electron chi connectivity index (χ2n) is 16.4. The first-order valence-corrected chi connectivity index (χ1v) is 26.0. The van der Waals surface area contributed by atoms with E-state index in [2.05, 4.69) is 121 Å². The molecule has 41 heavy (non-hydrogen) atoms. The summed E-state index contributed by atoms with van der Waals surface area (Å²) in [6.07, 6.45) is 3.28. The SMILES string of the molecule is CS(C)=O.c1ccc(P(c2ccccc2)[C]23[CH]4[CH]5[CH]6[C]2(P(c2ccccc2)c2ccccc2)[Fe]54632789[CH]3[CH]2[CH]7[CH]8[CH]39)cc1. The van der Waals surface area contributed by atoms with Crippen molar-refractivity contribution in [2.24, 2.45) is 0 Å². The van der Waals surface area contributed by atoms with Crippen molar-refractivity contribution in [1.29, 1.82) is 0 Å². The molecule has 4 atom stereocenters. The molecule has 1 spiro atoms. The van der Waals surface area contributed by atoms with Crippen LogP contribution in [0.15, 0.2) is 121 Å². The van der Waals surface area contributed by atoms with Crippen LogP contribution >= 0.6 is 15.8 Å². The van der Waals surface area contributed by atoms with Gasteiger partial charge in [0.25, 0.3) is 0 Å². The Balaban J connectivity index is 0.000000476. The molecule has 14 rings (SSSR count). The van der Waals surface area contributed by atoms with E-state index in [1.807, 2.05) is 0 Å². The summed E-state index contributed by atoms with van der Waals surface area (Å²) >= 11 is 0. The van der Waals surface area contributed by atoms with Crippen LogP contribution in [0.25, 0.3) is 0 Å². The van der Waals surface area contributed by atoms with Gasteiger partial charge in [0.15, 0.2) is 0 Å². The van der Waals surface area contributed by atoms with Crippen LogP contribution in [0.3, 0.4) is 0 Å². The third-order valence-corrected chi connectivity index (χ3v) is 76.3. The van der Waals surface area contributed by atoms with Crippen molar-refractivity contribution in [3.05, 3.63) is 121 Å². The second kappa shape index (κ2) is 3.71. The summed E-state index contributed by atoms with van der Waals surface area (Å²) in [6, 6.07) is 48.2. The van der Waals surface area contributed by atoms with Gasteiger partial charge in [-0.2, -0.15) is 0 Å². The third kappa shape index (κ3) is 0.625. The summed E-state index contributed by atoms with van der Waals surface area (Å²) in [5, 5.41) is 6.86. The van der Waals surface area contributed by atoms with E-state index >= 15 is 0 Å². The van der Waals surface area contributed by atoms with Crippen LogP contribution < -0.4 is 21.2 Å². The first-order chi connectivity index (χ1) is 19.8. The van der Waals surface area contributed by atoms with Crippen LogP contribution in [0.2, 0.25) is 38.5 Å². The minimum absolute atomic E-state index is 0.314. The fourth-order valence-corrected chi connectivity index (χ4v) is 126. The third-order valence-electron chi connectivity index (χ3n) is 19.4. The van der Waals surface area contributed by atoms with Crippen molar-refractivity contribution < 1.29 is 10.7 Å². The Morgan fingerprint density at radius 3 is 0.927 bits per heavy atom. The quantitative estimate of drug-likeness (QED) is 0.160. The molecule has 4 aromatic carbocycles. The Hall–Kier alpha value is -1.59. The van der Waals surface area contributed by atoms with Gasteiger partial charge in [0.05, 0.1) is 0 Å². The molecule has 10 saturated heterocycles. The standard InChI is InChI=1S/C29H23P2.C5H5.C2H6OS.Fe/c1-5-14-24(15-6-1)30(25-16-7-2-8-17-25)28-22-13-23-29(28)31(26-18-9-3-10-19-26)27-20-11-4-12-21-27;1-2-4-5-3-1;1-4(2)3;/h1-23H;1-5H;1-2H3;. The maximum absolute atomic E-state index is 9.56. The van der Waals surface area contributed by atoms with Crippen molar-refractivity contribution in [1.82, 2.24) is 0 Å². The molecule has 4 unspecified atom stereocenters. The van der Waals surface area contributed by atoms with Gasteiger partial charge in [-0.15, -0.1) is 0 Å². The van der Waals surface area contributed by atoms with Crippen LogP contribution in [0.4, 0.5) is 0 Å². The average molecular weight is 633 g/mol. The van der Waals surface area contributed by atoms with Gasteiger partial charge in [-0.1, -0.05) is 0 Å². The zero-order chi connectivity index (χ0) is 27.1. The number of hydrogen-bond donors (Lipinski definition) is 0. The van der Waals surface area contributed by atoms with Gasteiger partial charge in [0.2, 0.25) is 0 Å². The fraction of sp³-hybridized carbons (Fsp3) is 0.333. The molecule has 0 saturated carbocycles. The Labute approximate surface area is 237 Å². The topological polar surface area (TPSA) is 17.1 Å². The minimum atomic E-state index is -3.82. The zero-order valence-electron chi connectivity index (χ0n) is 23.2. The van der Waals surface area contributed by atoms with E-state index < -0.39 is 17.3 Å². The Morgan fingerprint density at radius 1 is 0.488 bits per heavy atom. The van der Waals surface area contributed by atoms with Crippen molar-refractivity contribution in [2.75, 3.05) is 12.5 Å². The predicted molar refractivity (Wildman–Crippen MR) is 174 cm³/mol. The summed E-state index contributed by atoms with van der Waals surface area (Å²) < 4.78 is 11.0. The molecule has 0 bridgehead atoms. The number of hydrogen-bond acceptors (Lipinski definition) is 1. The monoisotopic (exact) mass is 632 g/mol. The molecule has 10 fully saturated rings. The molecule has 0 aliphatic carbocycles. The molecule has 1 nitrogen and oxygen atoms in total. The Kier molecular flexibility index (Phi) is 1.99. The molecule has 4 aromatic rings. The summed E-state index contributed by atoms with van der Waals surface area (Å²) in [5.41, 5.74) is 0. The molecule has 5 heteroatoms. The molecule has 0 N–H and O–H groups in total. The van der Waals surface area contributed by atoms with Crippen LogP contribution in [-0.4, -0.2) is 24.8 Å². The van der Waals surface area contributed by atoms with E-state index in [0.717, 1.165) is 8.11 Å². The van der Waals surface area contributed by atoms with Gasteiger partial charge in [-0.25, -0.2) is 0 Å². The Bertz CT molecular complexity index is 2020. The van der Waals surface area contributed by atoms with Crippen LogP contribution in [0.5, 0.6) is 0 Å². The Morgan fingerprint density at radius 2 is 0.732 bits per heavy atom. The molecule has 0 radical (unpaired) electrons. The van der Waals surface area contributed by atoms with Crippen LogP contribution in [0.1, 0.15) is 0 Å².